The topological polar surface area (TPSA) is 81.9 Å². The highest BCUT2D eigenvalue weighted by atomic mass is 32.1. The van der Waals surface area contributed by atoms with E-state index in [0.29, 0.717) is 16.9 Å². The molecule has 2 heterocycles. The number of carbonyl (C=O) groups excluding carboxylic acids is 1. The minimum Gasteiger partial charge on any atom is -0.486 e. The van der Waals surface area contributed by atoms with Gasteiger partial charge in [-0.25, -0.2) is 4.98 Å². The van der Waals surface area contributed by atoms with E-state index in [2.05, 4.69) is 34.3 Å². The van der Waals surface area contributed by atoms with Crippen LogP contribution >= 0.6 is 11.3 Å². The van der Waals surface area contributed by atoms with Gasteiger partial charge in [0.25, 0.3) is 0 Å². The first-order chi connectivity index (χ1) is 15.2. The number of nitrogens with zero attached hydrogens (tertiary/aromatic N) is 4. The molecule has 31 heavy (non-hydrogen) atoms. The molecule has 0 saturated heterocycles. The van der Waals surface area contributed by atoms with Gasteiger partial charge in [-0.15, -0.1) is 10.2 Å². The molecule has 0 radical (unpaired) electrons. The van der Waals surface area contributed by atoms with Crippen molar-refractivity contribution >= 4 is 33.4 Å². The number of imidazole rings is 1. The molecule has 0 atom stereocenters. The molecule has 0 fully saturated rings. The maximum absolute atomic E-state index is 12.8. The second kappa shape index (κ2) is 9.70. The maximum Gasteiger partial charge on any atom is 0.246 e. The lowest BCUT2D eigenvalue weighted by Crippen LogP contribution is -2.20. The van der Waals surface area contributed by atoms with Crippen molar-refractivity contribution < 1.29 is 9.53 Å². The van der Waals surface area contributed by atoms with Crippen LogP contribution in [0, 0.1) is 0 Å². The predicted octanol–water partition coefficient (Wildman–Crippen LogP) is 5.01. The van der Waals surface area contributed by atoms with Gasteiger partial charge >= 0.3 is 0 Å². The summed E-state index contributed by atoms with van der Waals surface area (Å²) in [6, 6.07) is 17.3. The van der Waals surface area contributed by atoms with Crippen LogP contribution in [-0.4, -0.2) is 25.7 Å². The van der Waals surface area contributed by atoms with Gasteiger partial charge in [0, 0.05) is 5.92 Å². The van der Waals surface area contributed by atoms with Crippen molar-refractivity contribution in [2.24, 2.45) is 0 Å². The minimum atomic E-state index is -0.170. The Morgan fingerprint density at radius 2 is 1.81 bits per heavy atom. The molecule has 0 saturated carbocycles. The third-order valence-corrected chi connectivity index (χ3v) is 6.17. The Bertz CT molecular complexity index is 1150. The number of nitrogens with one attached hydrogen (secondary N) is 1. The van der Waals surface area contributed by atoms with E-state index in [9.17, 15) is 4.79 Å². The quantitative estimate of drug-likeness (QED) is 0.400. The molecular weight excluding hydrogens is 410 g/mol. The lowest BCUT2D eigenvalue weighted by atomic mass is 10.1. The van der Waals surface area contributed by atoms with E-state index in [4.69, 9.17) is 4.74 Å². The van der Waals surface area contributed by atoms with Gasteiger partial charge in [0.15, 0.2) is 0 Å². The number of hydrogen-bond acceptors (Lipinski definition) is 6. The van der Waals surface area contributed by atoms with Gasteiger partial charge in [-0.2, -0.15) is 0 Å². The van der Waals surface area contributed by atoms with Crippen LogP contribution in [0.4, 0.5) is 5.13 Å². The zero-order valence-electron chi connectivity index (χ0n) is 17.6. The van der Waals surface area contributed by atoms with Crippen LogP contribution in [0.5, 0.6) is 5.75 Å². The van der Waals surface area contributed by atoms with E-state index < -0.39 is 0 Å². The summed E-state index contributed by atoms with van der Waals surface area (Å²) in [6.07, 6.45) is 2.01. The number of anilines is 1. The molecule has 4 aromatic rings. The summed E-state index contributed by atoms with van der Waals surface area (Å²) in [5.41, 5.74) is 1.72. The zero-order valence-corrected chi connectivity index (χ0v) is 18.4. The number of benzene rings is 2. The van der Waals surface area contributed by atoms with Crippen LogP contribution in [0.2, 0.25) is 0 Å². The molecule has 1 amide bonds. The summed E-state index contributed by atoms with van der Waals surface area (Å²) in [6.45, 7) is 4.66. The van der Waals surface area contributed by atoms with Crippen molar-refractivity contribution in [1.29, 1.82) is 0 Å². The number of carbonyl (C=O) groups is 1. The molecule has 0 aliphatic carbocycles. The lowest BCUT2D eigenvalue weighted by Gasteiger charge is -2.10. The average molecular weight is 436 g/mol. The minimum absolute atomic E-state index is 0.119. The molecule has 0 aliphatic rings. The third-order valence-electron chi connectivity index (χ3n) is 5.17. The van der Waals surface area contributed by atoms with Crippen LogP contribution in [0.1, 0.15) is 43.4 Å². The van der Waals surface area contributed by atoms with Gasteiger partial charge in [-0.05, 0) is 37.1 Å². The number of aromatic nitrogens is 4. The SMILES string of the molecule is CCC(CC)c1nnc(NC(=O)Cn2c(COc3ccccc3)nc3ccccc32)s1. The van der Waals surface area contributed by atoms with Crippen LogP contribution < -0.4 is 10.1 Å². The summed E-state index contributed by atoms with van der Waals surface area (Å²) < 4.78 is 7.77. The van der Waals surface area contributed by atoms with Crippen LogP contribution in [0.15, 0.2) is 54.6 Å². The van der Waals surface area contributed by atoms with E-state index in [1.54, 1.807) is 0 Å². The van der Waals surface area contributed by atoms with E-state index >= 15 is 0 Å². The number of ether oxygens (including phenoxy) is 1. The van der Waals surface area contributed by atoms with E-state index in [0.717, 1.165) is 34.6 Å². The molecule has 0 aliphatic heterocycles. The number of fused-ring (bicyclic) bond motifs is 1. The van der Waals surface area contributed by atoms with Crippen molar-refractivity contribution in [3.63, 3.8) is 0 Å². The van der Waals surface area contributed by atoms with E-state index in [-0.39, 0.29) is 19.1 Å². The fourth-order valence-electron chi connectivity index (χ4n) is 3.47. The Hall–Kier alpha value is -3.26. The monoisotopic (exact) mass is 435 g/mol. The number of hydrogen-bond donors (Lipinski definition) is 1. The first-order valence-electron chi connectivity index (χ1n) is 10.4. The van der Waals surface area contributed by atoms with Gasteiger partial charge < -0.3 is 9.30 Å². The Balaban J connectivity index is 1.51. The Labute approximate surface area is 185 Å². The normalized spacial score (nSPS) is 11.2. The zero-order chi connectivity index (χ0) is 21.6. The summed E-state index contributed by atoms with van der Waals surface area (Å²) in [7, 11) is 0. The molecular formula is C23H25N5O2S. The second-order valence-corrected chi connectivity index (χ2v) is 8.22. The van der Waals surface area contributed by atoms with E-state index in [1.165, 1.54) is 11.3 Å². The summed E-state index contributed by atoms with van der Waals surface area (Å²) in [5.74, 6) is 1.65. The fourth-order valence-corrected chi connectivity index (χ4v) is 4.49. The number of rotatable bonds is 9. The van der Waals surface area contributed by atoms with Gasteiger partial charge in [0.1, 0.15) is 29.7 Å². The van der Waals surface area contributed by atoms with Gasteiger partial charge in [-0.3, -0.25) is 10.1 Å². The van der Waals surface area contributed by atoms with Crippen molar-refractivity contribution in [3.05, 3.63) is 65.4 Å². The molecule has 2 aromatic carbocycles. The largest absolute Gasteiger partial charge is 0.486 e. The Morgan fingerprint density at radius 1 is 1.06 bits per heavy atom. The highest BCUT2D eigenvalue weighted by Gasteiger charge is 2.17. The summed E-state index contributed by atoms with van der Waals surface area (Å²) in [4.78, 5) is 17.5. The van der Waals surface area contributed by atoms with Crippen molar-refractivity contribution in [1.82, 2.24) is 19.7 Å². The van der Waals surface area contributed by atoms with Crippen LogP contribution in [0.3, 0.4) is 0 Å². The highest BCUT2D eigenvalue weighted by molar-refractivity contribution is 7.15. The molecule has 0 unspecified atom stereocenters. The first kappa shape index (κ1) is 21.0. The smallest absolute Gasteiger partial charge is 0.246 e. The van der Waals surface area contributed by atoms with E-state index in [1.807, 2.05) is 59.2 Å². The maximum atomic E-state index is 12.8. The van der Waals surface area contributed by atoms with Crippen molar-refractivity contribution in [2.75, 3.05) is 5.32 Å². The fraction of sp³-hybridized carbons (Fsp3) is 0.304. The number of para-hydroxylation sites is 3. The first-order valence-corrected chi connectivity index (χ1v) is 11.2. The van der Waals surface area contributed by atoms with Gasteiger partial charge in [-0.1, -0.05) is 55.5 Å². The highest BCUT2D eigenvalue weighted by Crippen LogP contribution is 2.28. The molecule has 4 rings (SSSR count). The second-order valence-electron chi connectivity index (χ2n) is 7.21. The van der Waals surface area contributed by atoms with Crippen LogP contribution in [0.25, 0.3) is 11.0 Å². The van der Waals surface area contributed by atoms with Gasteiger partial charge in [0.2, 0.25) is 11.0 Å². The molecule has 160 valence electrons. The van der Waals surface area contributed by atoms with Gasteiger partial charge in [0.05, 0.1) is 11.0 Å². The summed E-state index contributed by atoms with van der Waals surface area (Å²) in [5, 5.41) is 12.8. The predicted molar refractivity (Wildman–Crippen MR) is 122 cm³/mol. The Morgan fingerprint density at radius 3 is 2.58 bits per heavy atom. The molecule has 7 nitrogen and oxygen atoms in total. The van der Waals surface area contributed by atoms with Crippen LogP contribution in [-0.2, 0) is 17.9 Å². The Kier molecular flexibility index (Phi) is 6.57. The van der Waals surface area contributed by atoms with Crippen molar-refractivity contribution in [3.8, 4) is 5.75 Å². The molecule has 8 heteroatoms. The average Bonchev–Trinajstić information content (AvgIpc) is 3.39. The summed E-state index contributed by atoms with van der Waals surface area (Å²) >= 11 is 1.44. The van der Waals surface area contributed by atoms with Crippen molar-refractivity contribution in [2.45, 2.75) is 45.8 Å². The standard InChI is InChI=1S/C23H25N5O2S/c1-3-16(4-2)22-26-27-23(31-22)25-21(29)14-28-19-13-9-8-12-18(19)24-20(28)15-30-17-10-6-5-7-11-17/h5-13,16H,3-4,14-15H2,1-2H3,(H,25,27,29). The lowest BCUT2D eigenvalue weighted by molar-refractivity contribution is -0.116. The molecule has 0 spiro atoms. The molecule has 1 N–H and O–H groups in total. The number of amides is 1. The third kappa shape index (κ3) is 4.91. The molecule has 2 aromatic heterocycles. The molecule has 0 bridgehead atoms.